The number of benzene rings is 1. The van der Waals surface area contributed by atoms with Crippen molar-refractivity contribution in [1.29, 1.82) is 0 Å². The number of hydrogen-bond donors (Lipinski definition) is 1. The second-order valence-electron chi connectivity index (χ2n) is 2.63. The number of hydrogen-bond acceptors (Lipinski definition) is 5. The molecule has 1 aromatic heterocycles. The van der Waals surface area contributed by atoms with Crippen LogP contribution in [0.25, 0.3) is 10.2 Å². The maximum absolute atomic E-state index is 11.1. The van der Waals surface area contributed by atoms with Crippen LogP contribution < -0.4 is 5.73 Å². The maximum Gasteiger partial charge on any atom is 0.209 e. The van der Waals surface area contributed by atoms with Crippen LogP contribution in [0.5, 0.6) is 0 Å². The van der Waals surface area contributed by atoms with Crippen LogP contribution in [0.3, 0.4) is 0 Å². The molecule has 0 amide bonds. The third-order valence-electron chi connectivity index (χ3n) is 1.64. The Morgan fingerprint density at radius 1 is 1.50 bits per heavy atom. The molecule has 2 aromatic rings. The fourth-order valence-corrected chi connectivity index (χ4v) is 2.87. The zero-order chi connectivity index (χ0) is 9.97. The summed E-state index contributed by atoms with van der Waals surface area (Å²) >= 11 is 2.63. The van der Waals surface area contributed by atoms with E-state index in [9.17, 15) is 4.79 Å². The number of thiazole rings is 1. The van der Waals surface area contributed by atoms with Crippen molar-refractivity contribution in [3.63, 3.8) is 0 Å². The second kappa shape index (κ2) is 4.08. The summed E-state index contributed by atoms with van der Waals surface area (Å²) in [5.41, 5.74) is 6.16. The van der Waals surface area contributed by atoms with Crippen LogP contribution in [0.1, 0.15) is 0 Å². The molecule has 3 nitrogen and oxygen atoms in total. The van der Waals surface area contributed by atoms with Gasteiger partial charge in [0, 0.05) is 0 Å². The van der Waals surface area contributed by atoms with Gasteiger partial charge in [-0.3, -0.25) is 4.79 Å². The fourth-order valence-electron chi connectivity index (χ4n) is 1.03. The minimum absolute atomic E-state index is 0.0518. The average molecular weight is 224 g/mol. The van der Waals surface area contributed by atoms with E-state index < -0.39 is 0 Å². The molecular weight excluding hydrogens is 216 g/mol. The molecule has 0 aliphatic heterocycles. The first-order valence-electron chi connectivity index (χ1n) is 4.06. The quantitative estimate of drug-likeness (QED) is 0.791. The van der Waals surface area contributed by atoms with Gasteiger partial charge in [0.1, 0.15) is 0 Å². The molecule has 0 aliphatic carbocycles. The highest BCUT2D eigenvalue weighted by Gasteiger charge is 2.07. The summed E-state index contributed by atoms with van der Waals surface area (Å²) in [6.45, 7) is 0.0561. The van der Waals surface area contributed by atoms with Crippen LogP contribution >= 0.6 is 23.1 Å². The van der Waals surface area contributed by atoms with Crippen LogP contribution in [0.15, 0.2) is 28.6 Å². The molecule has 14 heavy (non-hydrogen) atoms. The van der Waals surface area contributed by atoms with E-state index >= 15 is 0 Å². The highest BCUT2D eigenvalue weighted by Crippen LogP contribution is 2.29. The van der Waals surface area contributed by atoms with Crippen LogP contribution in [0.4, 0.5) is 0 Å². The van der Waals surface area contributed by atoms with Crippen molar-refractivity contribution in [2.75, 3.05) is 6.54 Å². The normalized spacial score (nSPS) is 10.6. The van der Waals surface area contributed by atoms with Gasteiger partial charge in [-0.05, 0) is 23.9 Å². The summed E-state index contributed by atoms with van der Waals surface area (Å²) in [6, 6.07) is 7.81. The van der Waals surface area contributed by atoms with Gasteiger partial charge in [-0.1, -0.05) is 12.1 Å². The van der Waals surface area contributed by atoms with Gasteiger partial charge in [-0.25, -0.2) is 4.98 Å². The second-order valence-corrected chi connectivity index (χ2v) is 4.96. The van der Waals surface area contributed by atoms with Gasteiger partial charge in [0.05, 0.1) is 16.8 Å². The Hall–Kier alpha value is -0.910. The van der Waals surface area contributed by atoms with E-state index in [1.807, 2.05) is 24.3 Å². The Balaban J connectivity index is 2.31. The molecule has 0 unspecified atom stereocenters. The van der Waals surface area contributed by atoms with Crippen LogP contribution in [0.2, 0.25) is 0 Å². The Bertz CT molecular complexity index is 434. The zero-order valence-corrected chi connectivity index (χ0v) is 8.90. The van der Waals surface area contributed by atoms with Crippen molar-refractivity contribution >= 4 is 38.4 Å². The molecule has 5 heteroatoms. The summed E-state index contributed by atoms with van der Waals surface area (Å²) in [7, 11) is 0. The monoisotopic (exact) mass is 224 g/mol. The highest BCUT2D eigenvalue weighted by molar-refractivity contribution is 8.15. The van der Waals surface area contributed by atoms with E-state index in [-0.39, 0.29) is 11.7 Å². The molecule has 0 radical (unpaired) electrons. The number of para-hydroxylation sites is 1. The summed E-state index contributed by atoms with van der Waals surface area (Å²) in [4.78, 5) is 15.4. The van der Waals surface area contributed by atoms with E-state index in [2.05, 4.69) is 4.98 Å². The molecular formula is C9H8N2OS2. The third kappa shape index (κ3) is 1.95. The fraction of sp³-hybridized carbons (Fsp3) is 0.111. The Morgan fingerprint density at radius 2 is 2.29 bits per heavy atom. The molecule has 1 heterocycles. The van der Waals surface area contributed by atoms with Crippen molar-refractivity contribution in [2.24, 2.45) is 5.73 Å². The minimum atomic E-state index is -0.0518. The van der Waals surface area contributed by atoms with Crippen molar-refractivity contribution in [3.05, 3.63) is 24.3 Å². The lowest BCUT2D eigenvalue weighted by atomic mass is 10.3. The van der Waals surface area contributed by atoms with Gasteiger partial charge in [-0.15, -0.1) is 11.3 Å². The smallest absolute Gasteiger partial charge is 0.209 e. The van der Waals surface area contributed by atoms with Crippen LogP contribution in [0, 0.1) is 0 Å². The molecule has 1 aromatic carbocycles. The van der Waals surface area contributed by atoms with Gasteiger partial charge < -0.3 is 5.73 Å². The predicted octanol–water partition coefficient (Wildman–Crippen LogP) is 1.87. The first kappa shape index (κ1) is 9.64. The zero-order valence-electron chi connectivity index (χ0n) is 7.27. The van der Waals surface area contributed by atoms with Crippen molar-refractivity contribution in [1.82, 2.24) is 4.98 Å². The van der Waals surface area contributed by atoms with Crippen molar-refractivity contribution in [3.8, 4) is 0 Å². The predicted molar refractivity (Wildman–Crippen MR) is 59.5 cm³/mol. The molecule has 2 N–H and O–H groups in total. The van der Waals surface area contributed by atoms with Gasteiger partial charge >= 0.3 is 0 Å². The van der Waals surface area contributed by atoms with E-state index in [4.69, 9.17) is 5.73 Å². The molecule has 2 rings (SSSR count). The van der Waals surface area contributed by atoms with Gasteiger partial charge in [-0.2, -0.15) is 0 Å². The number of rotatable bonds is 2. The molecule has 0 fully saturated rings. The molecule has 0 bridgehead atoms. The first-order valence-corrected chi connectivity index (χ1v) is 5.69. The summed E-state index contributed by atoms with van der Waals surface area (Å²) in [5.74, 6) is 0. The summed E-state index contributed by atoms with van der Waals surface area (Å²) in [5, 5.41) is -0.0518. The SMILES string of the molecule is NCC(=O)Sc1nc2ccccc2s1. The average Bonchev–Trinajstić information content (AvgIpc) is 2.59. The van der Waals surface area contributed by atoms with E-state index in [1.54, 1.807) is 0 Å². The Labute approximate surface area is 89.3 Å². The third-order valence-corrected chi connectivity index (χ3v) is 3.63. The number of nitrogens with zero attached hydrogens (tertiary/aromatic N) is 1. The van der Waals surface area contributed by atoms with Gasteiger partial charge in [0.25, 0.3) is 0 Å². The lowest BCUT2D eigenvalue weighted by Gasteiger charge is -1.89. The molecule has 72 valence electrons. The standard InChI is InChI=1S/C9H8N2OS2/c10-5-8(12)14-9-11-6-3-1-2-4-7(6)13-9/h1-4H,5,10H2. The highest BCUT2D eigenvalue weighted by atomic mass is 32.2. The lowest BCUT2D eigenvalue weighted by molar-refractivity contribution is -0.109. The number of carbonyl (C=O) groups excluding carboxylic acids is 1. The molecule has 0 saturated heterocycles. The van der Waals surface area contributed by atoms with Gasteiger partial charge in [0.15, 0.2) is 4.34 Å². The van der Waals surface area contributed by atoms with Crippen LogP contribution in [-0.4, -0.2) is 16.6 Å². The number of nitrogens with two attached hydrogens (primary N) is 1. The van der Waals surface area contributed by atoms with E-state index in [1.165, 1.54) is 11.3 Å². The molecule has 0 atom stereocenters. The van der Waals surface area contributed by atoms with Crippen LogP contribution in [-0.2, 0) is 4.79 Å². The van der Waals surface area contributed by atoms with Crippen molar-refractivity contribution < 1.29 is 4.79 Å². The Kier molecular flexibility index (Phi) is 2.81. The number of carbonyl (C=O) groups is 1. The number of thioether (sulfide) groups is 1. The largest absolute Gasteiger partial charge is 0.323 e. The lowest BCUT2D eigenvalue weighted by Crippen LogP contribution is -2.08. The Morgan fingerprint density at radius 3 is 3.00 bits per heavy atom. The van der Waals surface area contributed by atoms with Gasteiger partial charge in [0.2, 0.25) is 5.12 Å². The molecule has 0 spiro atoms. The minimum Gasteiger partial charge on any atom is -0.323 e. The van der Waals surface area contributed by atoms with E-state index in [0.717, 1.165) is 26.3 Å². The van der Waals surface area contributed by atoms with E-state index in [0.29, 0.717) is 0 Å². The maximum atomic E-state index is 11.1. The topological polar surface area (TPSA) is 56.0 Å². The van der Waals surface area contributed by atoms with Crippen molar-refractivity contribution in [2.45, 2.75) is 4.34 Å². The number of fused-ring (bicyclic) bond motifs is 1. The first-order chi connectivity index (χ1) is 6.79. The summed E-state index contributed by atoms with van der Waals surface area (Å²) < 4.78 is 1.86. The molecule has 0 saturated carbocycles. The number of aromatic nitrogens is 1. The molecule has 0 aliphatic rings. The summed E-state index contributed by atoms with van der Waals surface area (Å²) in [6.07, 6.45) is 0.